The summed E-state index contributed by atoms with van der Waals surface area (Å²) in [6, 6.07) is 8.25. The number of benzene rings is 1. The fraction of sp³-hybridized carbons (Fsp3) is 0.357. The summed E-state index contributed by atoms with van der Waals surface area (Å²) in [7, 11) is 0. The third-order valence-corrected chi connectivity index (χ3v) is 3.18. The lowest BCUT2D eigenvalue weighted by Crippen LogP contribution is -1.95. The standard InChI is InChI=1S/C14H16N2O.BrH/c1-2-17-12-7-5-11(6-8-12)13-10-15-14-4-3-9-16(13)14;/h5-8,10H,2-4,9H2,1H3;1H. The minimum absolute atomic E-state index is 0. The van der Waals surface area contributed by atoms with E-state index in [1.807, 2.05) is 25.3 Å². The molecule has 0 radical (unpaired) electrons. The highest BCUT2D eigenvalue weighted by atomic mass is 79.9. The Labute approximate surface area is 118 Å². The molecule has 0 aliphatic carbocycles. The smallest absolute Gasteiger partial charge is 0.119 e. The van der Waals surface area contributed by atoms with Crippen molar-refractivity contribution in [3.63, 3.8) is 0 Å². The Morgan fingerprint density at radius 2 is 2.06 bits per heavy atom. The van der Waals surface area contributed by atoms with E-state index in [-0.39, 0.29) is 17.0 Å². The van der Waals surface area contributed by atoms with Crippen molar-refractivity contribution in [3.8, 4) is 17.0 Å². The van der Waals surface area contributed by atoms with Crippen molar-refractivity contribution in [2.24, 2.45) is 0 Å². The van der Waals surface area contributed by atoms with Gasteiger partial charge in [0.15, 0.2) is 0 Å². The summed E-state index contributed by atoms with van der Waals surface area (Å²) in [5, 5.41) is 0. The Morgan fingerprint density at radius 3 is 2.78 bits per heavy atom. The van der Waals surface area contributed by atoms with E-state index in [4.69, 9.17) is 4.74 Å². The Morgan fingerprint density at radius 1 is 1.28 bits per heavy atom. The highest BCUT2D eigenvalue weighted by Gasteiger charge is 2.16. The SMILES string of the molecule is Br.CCOc1ccc(-c2cnc3n2CCC3)cc1. The number of fused-ring (bicyclic) bond motifs is 1. The molecule has 0 saturated heterocycles. The van der Waals surface area contributed by atoms with Crippen molar-refractivity contribution in [1.82, 2.24) is 9.55 Å². The van der Waals surface area contributed by atoms with Gasteiger partial charge in [-0.1, -0.05) is 0 Å². The van der Waals surface area contributed by atoms with Crippen LogP contribution in [-0.4, -0.2) is 16.2 Å². The molecule has 1 aromatic heterocycles. The van der Waals surface area contributed by atoms with Crippen LogP contribution in [0.5, 0.6) is 5.75 Å². The summed E-state index contributed by atoms with van der Waals surface area (Å²) in [4.78, 5) is 4.46. The maximum Gasteiger partial charge on any atom is 0.119 e. The zero-order valence-corrected chi connectivity index (χ0v) is 12.1. The van der Waals surface area contributed by atoms with Gasteiger partial charge in [-0.2, -0.15) is 0 Å². The summed E-state index contributed by atoms with van der Waals surface area (Å²) >= 11 is 0. The van der Waals surface area contributed by atoms with Gasteiger partial charge < -0.3 is 9.30 Å². The lowest BCUT2D eigenvalue weighted by atomic mass is 10.1. The Hall–Kier alpha value is -1.29. The molecule has 0 fully saturated rings. The van der Waals surface area contributed by atoms with Gasteiger partial charge in [-0.3, -0.25) is 0 Å². The van der Waals surface area contributed by atoms with Crippen LogP contribution in [-0.2, 0) is 13.0 Å². The second kappa shape index (κ2) is 5.57. The van der Waals surface area contributed by atoms with Crippen molar-refractivity contribution in [1.29, 1.82) is 0 Å². The maximum absolute atomic E-state index is 5.45. The number of hydrogen-bond acceptors (Lipinski definition) is 2. The molecule has 0 spiro atoms. The topological polar surface area (TPSA) is 27.1 Å². The average molecular weight is 309 g/mol. The lowest BCUT2D eigenvalue weighted by Gasteiger charge is -2.06. The van der Waals surface area contributed by atoms with E-state index in [9.17, 15) is 0 Å². The van der Waals surface area contributed by atoms with Crippen LogP contribution >= 0.6 is 17.0 Å². The van der Waals surface area contributed by atoms with E-state index in [0.717, 1.165) is 18.7 Å². The molecule has 2 aromatic rings. The number of ether oxygens (including phenoxy) is 1. The van der Waals surface area contributed by atoms with Crippen LogP contribution in [0.3, 0.4) is 0 Å². The number of rotatable bonds is 3. The Balaban J connectivity index is 0.00000120. The van der Waals surface area contributed by atoms with E-state index in [1.54, 1.807) is 0 Å². The van der Waals surface area contributed by atoms with Crippen molar-refractivity contribution < 1.29 is 4.74 Å². The quantitative estimate of drug-likeness (QED) is 0.868. The fourth-order valence-electron chi connectivity index (χ4n) is 2.38. The molecule has 96 valence electrons. The third kappa shape index (κ3) is 2.29. The van der Waals surface area contributed by atoms with Crippen molar-refractivity contribution >= 4 is 17.0 Å². The minimum atomic E-state index is 0. The van der Waals surface area contributed by atoms with Crippen LogP contribution < -0.4 is 4.74 Å². The maximum atomic E-state index is 5.45. The monoisotopic (exact) mass is 308 g/mol. The summed E-state index contributed by atoms with van der Waals surface area (Å²) in [5.41, 5.74) is 2.44. The zero-order valence-electron chi connectivity index (χ0n) is 10.4. The van der Waals surface area contributed by atoms with Crippen LogP contribution in [0.1, 0.15) is 19.2 Å². The van der Waals surface area contributed by atoms with Crippen LogP contribution in [0, 0.1) is 0 Å². The molecule has 3 rings (SSSR count). The minimum Gasteiger partial charge on any atom is -0.494 e. The number of aryl methyl sites for hydroxylation is 1. The average Bonchev–Trinajstić information content (AvgIpc) is 2.93. The van der Waals surface area contributed by atoms with E-state index >= 15 is 0 Å². The zero-order chi connectivity index (χ0) is 11.7. The van der Waals surface area contributed by atoms with Gasteiger partial charge in [0.1, 0.15) is 11.6 Å². The summed E-state index contributed by atoms with van der Waals surface area (Å²) in [6.07, 6.45) is 4.30. The molecule has 2 heterocycles. The number of halogens is 1. The summed E-state index contributed by atoms with van der Waals surface area (Å²) in [6.45, 7) is 3.80. The van der Waals surface area contributed by atoms with Crippen molar-refractivity contribution in [3.05, 3.63) is 36.3 Å². The lowest BCUT2D eigenvalue weighted by molar-refractivity contribution is 0.340. The van der Waals surface area contributed by atoms with E-state index in [0.29, 0.717) is 6.61 Å². The molecule has 0 unspecified atom stereocenters. The molecule has 0 saturated carbocycles. The van der Waals surface area contributed by atoms with E-state index in [1.165, 1.54) is 23.5 Å². The van der Waals surface area contributed by atoms with Gasteiger partial charge >= 0.3 is 0 Å². The molecule has 1 aliphatic heterocycles. The first kappa shape index (κ1) is 13.1. The molecular formula is C14H17BrN2O. The first-order valence-corrected chi connectivity index (χ1v) is 6.16. The third-order valence-electron chi connectivity index (χ3n) is 3.18. The van der Waals surface area contributed by atoms with Gasteiger partial charge in [0.05, 0.1) is 18.5 Å². The molecule has 0 atom stereocenters. The van der Waals surface area contributed by atoms with Gasteiger partial charge in [0.25, 0.3) is 0 Å². The highest BCUT2D eigenvalue weighted by Crippen LogP contribution is 2.26. The molecule has 18 heavy (non-hydrogen) atoms. The van der Waals surface area contributed by atoms with Crippen LogP contribution in [0.25, 0.3) is 11.3 Å². The fourth-order valence-corrected chi connectivity index (χ4v) is 2.38. The molecular weight excluding hydrogens is 292 g/mol. The van der Waals surface area contributed by atoms with Gasteiger partial charge in [-0.25, -0.2) is 4.98 Å². The number of nitrogens with zero attached hydrogens (tertiary/aromatic N) is 2. The molecule has 0 bridgehead atoms. The summed E-state index contributed by atoms with van der Waals surface area (Å²) in [5.74, 6) is 2.14. The van der Waals surface area contributed by atoms with Crippen LogP contribution in [0.2, 0.25) is 0 Å². The highest BCUT2D eigenvalue weighted by molar-refractivity contribution is 8.93. The molecule has 1 aromatic carbocycles. The van der Waals surface area contributed by atoms with Crippen molar-refractivity contribution in [2.45, 2.75) is 26.3 Å². The molecule has 1 aliphatic rings. The van der Waals surface area contributed by atoms with Gasteiger partial charge in [-0.15, -0.1) is 17.0 Å². The van der Waals surface area contributed by atoms with Crippen LogP contribution in [0.4, 0.5) is 0 Å². The van der Waals surface area contributed by atoms with E-state index < -0.39 is 0 Å². The van der Waals surface area contributed by atoms with Gasteiger partial charge in [0, 0.05) is 18.5 Å². The number of aromatic nitrogens is 2. The molecule has 0 amide bonds. The van der Waals surface area contributed by atoms with E-state index in [2.05, 4.69) is 21.7 Å². The Bertz CT molecular complexity index is 519. The number of hydrogen-bond donors (Lipinski definition) is 0. The predicted octanol–water partition coefficient (Wildman–Crippen LogP) is 3.47. The molecule has 0 N–H and O–H groups in total. The first-order valence-electron chi connectivity index (χ1n) is 6.16. The summed E-state index contributed by atoms with van der Waals surface area (Å²) < 4.78 is 7.76. The van der Waals surface area contributed by atoms with Gasteiger partial charge in [0.2, 0.25) is 0 Å². The normalized spacial score (nSPS) is 12.9. The number of imidazole rings is 1. The van der Waals surface area contributed by atoms with Gasteiger partial charge in [-0.05, 0) is 37.6 Å². The largest absolute Gasteiger partial charge is 0.494 e. The Kier molecular flexibility index (Phi) is 4.07. The molecule has 4 heteroatoms. The molecule has 3 nitrogen and oxygen atoms in total. The van der Waals surface area contributed by atoms with Crippen molar-refractivity contribution in [2.75, 3.05) is 6.61 Å². The second-order valence-electron chi connectivity index (χ2n) is 4.27. The predicted molar refractivity (Wildman–Crippen MR) is 77.5 cm³/mol. The first-order chi connectivity index (χ1) is 8.38. The second-order valence-corrected chi connectivity index (χ2v) is 4.27. The van der Waals surface area contributed by atoms with Crippen LogP contribution in [0.15, 0.2) is 30.5 Å².